The number of rotatable bonds is 5. The standard InChI is InChI=1S/C13H13NOSSe/c1-17-13(15)10-14-9-5-8-12(14)16-11-6-3-2-4-7-11/h2-9H,10H2,1H3. The predicted molar refractivity (Wildman–Crippen MR) is 71.6 cm³/mol. The van der Waals surface area contributed by atoms with Gasteiger partial charge in [-0.3, -0.25) is 0 Å². The molecule has 0 unspecified atom stereocenters. The fourth-order valence-corrected chi connectivity index (χ4v) is 2.92. The van der Waals surface area contributed by atoms with E-state index in [0.29, 0.717) is 11.2 Å². The minimum atomic E-state index is 0.0823. The molecule has 2 aromatic rings. The molecule has 0 atom stereocenters. The summed E-state index contributed by atoms with van der Waals surface area (Å²) in [6.45, 7) is 0.499. The summed E-state index contributed by atoms with van der Waals surface area (Å²) in [6, 6.07) is 14.2. The summed E-state index contributed by atoms with van der Waals surface area (Å²) >= 11 is 1.77. The molecule has 0 aliphatic rings. The first-order chi connectivity index (χ1) is 8.29. The zero-order valence-electron chi connectivity index (χ0n) is 9.50. The van der Waals surface area contributed by atoms with Gasteiger partial charge in [-0.25, -0.2) is 0 Å². The fraction of sp³-hybridized carbons (Fsp3) is 0.154. The zero-order valence-corrected chi connectivity index (χ0v) is 12.0. The third-order valence-corrected chi connectivity index (χ3v) is 4.59. The van der Waals surface area contributed by atoms with Crippen molar-refractivity contribution in [3.05, 3.63) is 48.7 Å². The summed E-state index contributed by atoms with van der Waals surface area (Å²) < 4.78 is 2.34. The van der Waals surface area contributed by atoms with E-state index in [4.69, 9.17) is 0 Å². The Morgan fingerprint density at radius 1 is 1.24 bits per heavy atom. The van der Waals surface area contributed by atoms with Crippen LogP contribution in [0.3, 0.4) is 0 Å². The molecule has 0 saturated heterocycles. The Hall–Kier alpha value is -0.961. The topological polar surface area (TPSA) is 22.0 Å². The van der Waals surface area contributed by atoms with E-state index < -0.39 is 0 Å². The molecule has 2 rings (SSSR count). The maximum absolute atomic E-state index is 11.5. The van der Waals surface area contributed by atoms with Gasteiger partial charge in [0.05, 0.1) is 0 Å². The van der Waals surface area contributed by atoms with Crippen LogP contribution in [-0.2, 0) is 11.3 Å². The number of carbonyl (C=O) groups excluding carboxylic acids is 1. The van der Waals surface area contributed by atoms with E-state index in [-0.39, 0.29) is 15.0 Å². The Morgan fingerprint density at radius 3 is 2.71 bits per heavy atom. The van der Waals surface area contributed by atoms with Gasteiger partial charge in [0.25, 0.3) is 0 Å². The number of benzene rings is 1. The fourth-order valence-electron chi connectivity index (χ4n) is 1.43. The van der Waals surface area contributed by atoms with Crippen molar-refractivity contribution >= 4 is 31.4 Å². The summed E-state index contributed by atoms with van der Waals surface area (Å²) in [4.78, 5) is 12.7. The molecule has 0 radical (unpaired) electrons. The van der Waals surface area contributed by atoms with E-state index in [1.165, 1.54) is 4.90 Å². The van der Waals surface area contributed by atoms with Gasteiger partial charge in [-0.05, 0) is 0 Å². The predicted octanol–water partition coefficient (Wildman–Crippen LogP) is 2.92. The third kappa shape index (κ3) is 3.50. The van der Waals surface area contributed by atoms with E-state index in [1.54, 1.807) is 11.8 Å². The third-order valence-electron chi connectivity index (χ3n) is 2.28. The first kappa shape index (κ1) is 12.5. The molecule has 0 aliphatic carbocycles. The Morgan fingerprint density at radius 2 is 2.00 bits per heavy atom. The van der Waals surface area contributed by atoms with Gasteiger partial charge in [0.1, 0.15) is 0 Å². The molecule has 1 aromatic carbocycles. The Balaban J connectivity index is 2.12. The van der Waals surface area contributed by atoms with Gasteiger partial charge in [0.15, 0.2) is 0 Å². The second-order valence-electron chi connectivity index (χ2n) is 3.47. The second kappa shape index (κ2) is 6.10. The molecule has 0 N–H and O–H groups in total. The van der Waals surface area contributed by atoms with Gasteiger partial charge >= 0.3 is 112 Å². The summed E-state index contributed by atoms with van der Waals surface area (Å²) in [5, 5.41) is 1.12. The summed E-state index contributed by atoms with van der Waals surface area (Å²) in [7, 11) is 0. The van der Waals surface area contributed by atoms with Crippen LogP contribution in [0.1, 0.15) is 0 Å². The van der Waals surface area contributed by atoms with Crippen LogP contribution >= 0.6 is 11.8 Å². The molecule has 1 aromatic heterocycles. The van der Waals surface area contributed by atoms with Gasteiger partial charge < -0.3 is 0 Å². The Kier molecular flexibility index (Phi) is 4.49. The first-order valence-corrected chi connectivity index (χ1v) is 8.63. The monoisotopic (exact) mass is 311 g/mol. The molecule has 0 amide bonds. The number of hydrogen-bond donors (Lipinski definition) is 0. The molecule has 1 heterocycles. The van der Waals surface area contributed by atoms with Crippen molar-refractivity contribution in [1.29, 1.82) is 0 Å². The normalized spacial score (nSPS) is 10.4. The molecule has 0 bridgehead atoms. The van der Waals surface area contributed by atoms with Crippen LogP contribution in [0.4, 0.5) is 0 Å². The van der Waals surface area contributed by atoms with Crippen LogP contribution in [0.15, 0.2) is 58.6 Å². The number of aromatic nitrogens is 1. The van der Waals surface area contributed by atoms with Gasteiger partial charge in [0.2, 0.25) is 0 Å². The van der Waals surface area contributed by atoms with Gasteiger partial charge in [-0.15, -0.1) is 0 Å². The van der Waals surface area contributed by atoms with Crippen LogP contribution in [0.2, 0.25) is 5.82 Å². The molecule has 0 saturated carbocycles. The van der Waals surface area contributed by atoms with Crippen LogP contribution < -0.4 is 0 Å². The van der Waals surface area contributed by atoms with E-state index in [2.05, 4.69) is 12.1 Å². The SMILES string of the molecule is C[Se]C(=O)Cn1cccc1Sc1ccccc1. The first-order valence-electron chi connectivity index (χ1n) is 5.24. The van der Waals surface area contributed by atoms with Crippen LogP contribution in [0.5, 0.6) is 0 Å². The quantitative estimate of drug-likeness (QED) is 0.792. The molecule has 2 nitrogen and oxygen atoms in total. The van der Waals surface area contributed by atoms with Crippen molar-refractivity contribution in [1.82, 2.24) is 4.57 Å². The van der Waals surface area contributed by atoms with Crippen LogP contribution in [0.25, 0.3) is 0 Å². The minimum absolute atomic E-state index is 0.0823. The van der Waals surface area contributed by atoms with E-state index in [1.807, 2.05) is 46.9 Å². The average molecular weight is 310 g/mol. The Bertz CT molecular complexity index is 495. The van der Waals surface area contributed by atoms with Gasteiger partial charge in [-0.1, -0.05) is 0 Å². The Labute approximate surface area is 112 Å². The summed E-state index contributed by atoms with van der Waals surface area (Å²) in [6.07, 6.45) is 1.97. The van der Waals surface area contributed by atoms with Crippen LogP contribution in [-0.4, -0.2) is 24.2 Å². The van der Waals surface area contributed by atoms with Gasteiger partial charge in [0, 0.05) is 0 Å². The zero-order chi connectivity index (χ0) is 12.1. The van der Waals surface area contributed by atoms with Crippen molar-refractivity contribution in [3.63, 3.8) is 0 Å². The molecular weight excluding hydrogens is 297 g/mol. The molecule has 0 spiro atoms. The van der Waals surface area contributed by atoms with E-state index in [9.17, 15) is 4.79 Å². The summed E-state index contributed by atoms with van der Waals surface area (Å²) in [5.41, 5.74) is 0. The second-order valence-corrected chi connectivity index (χ2v) is 6.37. The van der Waals surface area contributed by atoms with E-state index >= 15 is 0 Å². The summed E-state index contributed by atoms with van der Waals surface area (Å²) in [5.74, 6) is 1.96. The molecule has 88 valence electrons. The average Bonchev–Trinajstić information content (AvgIpc) is 2.78. The molecular formula is C13H13NOSSe. The molecule has 0 fully saturated rings. The van der Waals surface area contributed by atoms with Crippen LogP contribution in [0, 0.1) is 0 Å². The van der Waals surface area contributed by atoms with Crippen molar-refractivity contribution in [2.75, 3.05) is 0 Å². The molecule has 17 heavy (non-hydrogen) atoms. The van der Waals surface area contributed by atoms with Crippen molar-refractivity contribution in [2.24, 2.45) is 0 Å². The number of hydrogen-bond acceptors (Lipinski definition) is 2. The van der Waals surface area contributed by atoms with Crippen molar-refractivity contribution in [3.8, 4) is 0 Å². The van der Waals surface area contributed by atoms with Crippen molar-refractivity contribution < 1.29 is 4.79 Å². The maximum atomic E-state index is 11.5. The van der Waals surface area contributed by atoms with Crippen molar-refractivity contribution in [2.45, 2.75) is 22.3 Å². The van der Waals surface area contributed by atoms with E-state index in [0.717, 1.165) is 5.03 Å². The molecule has 4 heteroatoms. The number of nitrogens with zero attached hydrogens (tertiary/aromatic N) is 1. The van der Waals surface area contributed by atoms with Gasteiger partial charge in [-0.2, -0.15) is 0 Å². The number of carbonyl (C=O) groups is 1. The molecule has 0 aliphatic heterocycles.